The Morgan fingerprint density at radius 1 is 1.12 bits per heavy atom. The maximum Gasteiger partial charge on any atom is 0.254 e. The third-order valence-corrected chi connectivity index (χ3v) is 6.06. The molecule has 33 heavy (non-hydrogen) atoms. The molecule has 0 spiro atoms. The molecule has 4 rings (SSSR count). The van der Waals surface area contributed by atoms with E-state index >= 15 is 0 Å². The zero-order valence-corrected chi connectivity index (χ0v) is 19.4. The second kappa shape index (κ2) is 9.94. The van der Waals surface area contributed by atoms with Crippen LogP contribution in [0.15, 0.2) is 71.1 Å². The fraction of sp³-hybridized carbons (Fsp3) is 0.333. The second-order valence-electron chi connectivity index (χ2n) is 8.34. The van der Waals surface area contributed by atoms with Crippen molar-refractivity contribution in [3.05, 3.63) is 76.6 Å². The summed E-state index contributed by atoms with van der Waals surface area (Å²) in [6.45, 7) is 4.60. The molecule has 0 fully saturated rings. The van der Waals surface area contributed by atoms with Gasteiger partial charge in [-0.1, -0.05) is 31.2 Å². The topological polar surface area (TPSA) is 76.7 Å². The summed E-state index contributed by atoms with van der Waals surface area (Å²) < 4.78 is 11.1. The van der Waals surface area contributed by atoms with Gasteiger partial charge < -0.3 is 20.1 Å². The van der Waals surface area contributed by atoms with Crippen LogP contribution in [0.5, 0.6) is 11.5 Å². The summed E-state index contributed by atoms with van der Waals surface area (Å²) in [6.07, 6.45) is 3.04. The number of anilines is 1. The average molecular weight is 447 g/mol. The van der Waals surface area contributed by atoms with Crippen LogP contribution in [0.2, 0.25) is 0 Å². The summed E-state index contributed by atoms with van der Waals surface area (Å²) in [4.78, 5) is 26.7. The fourth-order valence-electron chi connectivity index (χ4n) is 4.53. The number of methoxy groups -OCH3 is 1. The van der Waals surface area contributed by atoms with Crippen LogP contribution in [0.25, 0.3) is 0 Å². The number of dihydropyridines is 1. The molecule has 0 saturated carbocycles. The van der Waals surface area contributed by atoms with Gasteiger partial charge in [-0.2, -0.15) is 0 Å². The van der Waals surface area contributed by atoms with E-state index in [1.54, 1.807) is 19.2 Å². The lowest BCUT2D eigenvalue weighted by Crippen LogP contribution is -2.35. The van der Waals surface area contributed by atoms with Crippen LogP contribution in [0.3, 0.4) is 0 Å². The molecule has 0 bridgehead atoms. The van der Waals surface area contributed by atoms with E-state index in [0.29, 0.717) is 35.6 Å². The molecule has 0 radical (unpaired) electrons. The van der Waals surface area contributed by atoms with Crippen LogP contribution < -0.4 is 20.1 Å². The minimum absolute atomic E-state index is 0.0927. The number of ketones is 1. The summed E-state index contributed by atoms with van der Waals surface area (Å²) in [5.41, 5.74) is 4.40. The highest BCUT2D eigenvalue weighted by Gasteiger charge is 2.38. The number of allylic oxidation sites excluding steroid dienone is 3. The molecule has 1 unspecified atom stereocenters. The van der Waals surface area contributed by atoms with Crippen molar-refractivity contribution >= 4 is 17.4 Å². The van der Waals surface area contributed by atoms with Crippen molar-refractivity contribution in [3.8, 4) is 11.5 Å². The largest absolute Gasteiger partial charge is 0.495 e. The minimum Gasteiger partial charge on any atom is -0.495 e. The molecule has 1 heterocycles. The van der Waals surface area contributed by atoms with E-state index in [9.17, 15) is 9.59 Å². The standard InChI is InChI=1S/C27H30N2O4/c1-4-16-33-19-14-12-18(13-15-19)25-24(17(2)28-21-9-7-10-22(30)26(21)25)27(31)29-20-8-5-6-11-23(20)32-3/h5-6,8,11-15,25,28H,4,7,9-10,16H2,1-3H3,(H,29,31). The monoisotopic (exact) mass is 446 g/mol. The van der Waals surface area contributed by atoms with Gasteiger partial charge in [0.2, 0.25) is 0 Å². The van der Waals surface area contributed by atoms with Gasteiger partial charge in [-0.05, 0) is 56.0 Å². The number of ether oxygens (including phenoxy) is 2. The number of benzene rings is 2. The van der Waals surface area contributed by atoms with Crippen molar-refractivity contribution in [2.24, 2.45) is 0 Å². The molecule has 2 aromatic carbocycles. The van der Waals surface area contributed by atoms with Gasteiger partial charge in [-0.15, -0.1) is 0 Å². The number of nitrogens with one attached hydrogen (secondary N) is 2. The molecule has 6 heteroatoms. The van der Waals surface area contributed by atoms with E-state index in [2.05, 4.69) is 17.6 Å². The molecule has 172 valence electrons. The van der Waals surface area contributed by atoms with Gasteiger partial charge in [0, 0.05) is 34.9 Å². The lowest BCUT2D eigenvalue weighted by atomic mass is 9.75. The zero-order valence-electron chi connectivity index (χ0n) is 19.4. The van der Waals surface area contributed by atoms with Crippen molar-refractivity contribution in [1.82, 2.24) is 5.32 Å². The first kappa shape index (κ1) is 22.6. The van der Waals surface area contributed by atoms with Gasteiger partial charge in [-0.25, -0.2) is 0 Å². The summed E-state index contributed by atoms with van der Waals surface area (Å²) in [5, 5.41) is 6.35. The number of hydrogen-bond donors (Lipinski definition) is 2. The number of rotatable bonds is 7. The van der Waals surface area contributed by atoms with Crippen molar-refractivity contribution < 1.29 is 19.1 Å². The first-order valence-corrected chi connectivity index (χ1v) is 11.4. The van der Waals surface area contributed by atoms with Gasteiger partial charge in [0.25, 0.3) is 5.91 Å². The number of Topliss-reactive ketones (excluding diaryl/α,β-unsaturated/α-hetero) is 1. The Hall–Kier alpha value is -3.54. The molecule has 2 aliphatic rings. The molecule has 2 N–H and O–H groups in total. The van der Waals surface area contributed by atoms with Crippen LogP contribution in [0, 0.1) is 0 Å². The Morgan fingerprint density at radius 2 is 1.88 bits per heavy atom. The molecule has 1 amide bonds. The molecule has 0 saturated heterocycles. The maximum atomic E-state index is 13.6. The smallest absolute Gasteiger partial charge is 0.254 e. The molecule has 0 aromatic heterocycles. The molecule has 2 aromatic rings. The highest BCUT2D eigenvalue weighted by atomic mass is 16.5. The lowest BCUT2D eigenvalue weighted by molar-refractivity contribution is -0.116. The number of amides is 1. The molecule has 1 aliphatic heterocycles. The van der Waals surface area contributed by atoms with Crippen molar-refractivity contribution in [1.29, 1.82) is 0 Å². The average Bonchev–Trinajstić information content (AvgIpc) is 2.82. The maximum absolute atomic E-state index is 13.6. The first-order valence-electron chi connectivity index (χ1n) is 11.4. The number of carbonyl (C=O) groups is 2. The lowest BCUT2D eigenvalue weighted by Gasteiger charge is -2.34. The van der Waals surface area contributed by atoms with Crippen molar-refractivity contribution in [2.75, 3.05) is 19.0 Å². The van der Waals surface area contributed by atoms with E-state index < -0.39 is 5.92 Å². The normalized spacial score (nSPS) is 17.9. The predicted octanol–water partition coefficient (Wildman–Crippen LogP) is 5.09. The minimum atomic E-state index is -0.441. The van der Waals surface area contributed by atoms with Crippen LogP contribution in [-0.4, -0.2) is 25.4 Å². The first-order chi connectivity index (χ1) is 16.0. The number of hydrogen-bond acceptors (Lipinski definition) is 5. The Labute approximate surface area is 194 Å². The van der Waals surface area contributed by atoms with Gasteiger partial charge >= 0.3 is 0 Å². The summed E-state index contributed by atoms with van der Waals surface area (Å²) in [5.74, 6) is 0.750. The van der Waals surface area contributed by atoms with E-state index in [0.717, 1.165) is 42.0 Å². The molecular weight excluding hydrogens is 416 g/mol. The van der Waals surface area contributed by atoms with Crippen molar-refractivity contribution in [2.45, 2.75) is 45.4 Å². The van der Waals surface area contributed by atoms with Crippen molar-refractivity contribution in [3.63, 3.8) is 0 Å². The zero-order chi connectivity index (χ0) is 23.4. The number of para-hydroxylation sites is 2. The van der Waals surface area contributed by atoms with Gasteiger partial charge in [-0.3, -0.25) is 9.59 Å². The summed E-state index contributed by atoms with van der Waals surface area (Å²) in [6, 6.07) is 15.0. The third-order valence-electron chi connectivity index (χ3n) is 6.06. The second-order valence-corrected chi connectivity index (χ2v) is 8.34. The number of carbonyl (C=O) groups excluding carboxylic acids is 2. The Balaban J connectivity index is 1.74. The summed E-state index contributed by atoms with van der Waals surface area (Å²) in [7, 11) is 1.57. The van der Waals surface area contributed by atoms with Crippen LogP contribution in [0.1, 0.15) is 51.0 Å². The molecule has 1 atom stereocenters. The van der Waals surface area contributed by atoms with Crippen LogP contribution in [0.4, 0.5) is 5.69 Å². The molecule has 1 aliphatic carbocycles. The van der Waals surface area contributed by atoms with Gasteiger partial charge in [0.1, 0.15) is 11.5 Å². The highest BCUT2D eigenvalue weighted by molar-refractivity contribution is 6.10. The molecular formula is C27H30N2O4. The van der Waals surface area contributed by atoms with Gasteiger partial charge in [0.05, 0.1) is 19.4 Å². The third kappa shape index (κ3) is 4.65. The Bertz CT molecular complexity index is 1120. The predicted molar refractivity (Wildman–Crippen MR) is 128 cm³/mol. The van der Waals surface area contributed by atoms with Crippen LogP contribution in [-0.2, 0) is 9.59 Å². The molecule has 6 nitrogen and oxygen atoms in total. The Kier molecular flexibility index (Phi) is 6.82. The van der Waals surface area contributed by atoms with E-state index in [-0.39, 0.29) is 11.7 Å². The quantitative estimate of drug-likeness (QED) is 0.620. The van der Waals surface area contributed by atoms with E-state index in [1.165, 1.54) is 0 Å². The highest BCUT2D eigenvalue weighted by Crippen LogP contribution is 2.43. The van der Waals surface area contributed by atoms with E-state index in [1.807, 2.05) is 43.3 Å². The SMILES string of the molecule is CCCOc1ccc(C2C(C(=O)Nc3ccccc3OC)=C(C)NC3=C2C(=O)CCC3)cc1. The Morgan fingerprint density at radius 3 is 2.61 bits per heavy atom. The fourth-order valence-corrected chi connectivity index (χ4v) is 4.53. The van der Waals surface area contributed by atoms with Gasteiger partial charge in [0.15, 0.2) is 5.78 Å². The van der Waals surface area contributed by atoms with Crippen LogP contribution >= 0.6 is 0 Å². The van der Waals surface area contributed by atoms with E-state index in [4.69, 9.17) is 9.47 Å². The summed E-state index contributed by atoms with van der Waals surface area (Å²) >= 11 is 0.